The zero-order valence-electron chi connectivity index (χ0n) is 13.3. The third-order valence-electron chi connectivity index (χ3n) is 3.88. The van der Waals surface area contributed by atoms with E-state index in [9.17, 15) is 14.4 Å². The van der Waals surface area contributed by atoms with Crippen LogP contribution >= 0.6 is 0 Å². The van der Waals surface area contributed by atoms with Crippen molar-refractivity contribution in [3.63, 3.8) is 0 Å². The second kappa shape index (κ2) is 6.91. The van der Waals surface area contributed by atoms with Crippen LogP contribution < -0.4 is 5.32 Å². The topological polar surface area (TPSA) is 86.7 Å². The van der Waals surface area contributed by atoms with Crippen LogP contribution in [0.4, 0.5) is 0 Å². The van der Waals surface area contributed by atoms with E-state index >= 15 is 0 Å². The number of amides is 2. The predicted molar refractivity (Wildman–Crippen MR) is 78.6 cm³/mol. The van der Waals surface area contributed by atoms with Crippen LogP contribution in [0.3, 0.4) is 0 Å². The number of nitrogens with one attached hydrogen (secondary N) is 1. The van der Waals surface area contributed by atoms with Gasteiger partial charge < -0.3 is 15.3 Å². The first-order chi connectivity index (χ1) is 9.65. The van der Waals surface area contributed by atoms with Gasteiger partial charge in [-0.25, -0.2) is 0 Å². The lowest BCUT2D eigenvalue weighted by Crippen LogP contribution is -2.48. The van der Waals surface area contributed by atoms with Crippen LogP contribution in [-0.2, 0) is 14.4 Å². The molecule has 0 aromatic rings. The Labute approximate surface area is 125 Å². The summed E-state index contributed by atoms with van der Waals surface area (Å²) in [5.41, 5.74) is -0.988. The van der Waals surface area contributed by atoms with E-state index in [1.807, 2.05) is 13.8 Å². The first-order valence-electron chi connectivity index (χ1n) is 7.45. The molecule has 1 rings (SSSR count). The van der Waals surface area contributed by atoms with Gasteiger partial charge in [0.15, 0.2) is 0 Å². The number of carbonyl (C=O) groups is 3. The SMILES string of the molecule is CC(C)C(=O)N1CCCC(C(=O)NCC(C)(C)C(=O)O)C1. The highest BCUT2D eigenvalue weighted by Gasteiger charge is 2.32. The fourth-order valence-corrected chi connectivity index (χ4v) is 2.28. The van der Waals surface area contributed by atoms with Crippen molar-refractivity contribution in [2.24, 2.45) is 17.3 Å². The minimum Gasteiger partial charge on any atom is -0.481 e. The first-order valence-corrected chi connectivity index (χ1v) is 7.45. The Morgan fingerprint density at radius 3 is 2.48 bits per heavy atom. The van der Waals surface area contributed by atoms with Crippen molar-refractivity contribution in [1.29, 1.82) is 0 Å². The van der Waals surface area contributed by atoms with Crippen LogP contribution in [0, 0.1) is 17.3 Å². The van der Waals surface area contributed by atoms with Crippen molar-refractivity contribution in [3.05, 3.63) is 0 Å². The molecule has 0 bridgehead atoms. The maximum absolute atomic E-state index is 12.2. The molecule has 1 aliphatic rings. The number of carboxylic acids is 1. The van der Waals surface area contributed by atoms with E-state index in [2.05, 4.69) is 5.32 Å². The summed E-state index contributed by atoms with van der Waals surface area (Å²) >= 11 is 0. The fourth-order valence-electron chi connectivity index (χ4n) is 2.28. The molecule has 120 valence electrons. The summed E-state index contributed by atoms with van der Waals surface area (Å²) in [6, 6.07) is 0. The summed E-state index contributed by atoms with van der Waals surface area (Å²) in [7, 11) is 0. The molecule has 6 heteroatoms. The van der Waals surface area contributed by atoms with E-state index in [1.165, 1.54) is 0 Å². The molecule has 0 aromatic carbocycles. The second-order valence-corrected chi connectivity index (χ2v) is 6.68. The number of piperidine rings is 1. The van der Waals surface area contributed by atoms with Gasteiger partial charge in [0.25, 0.3) is 0 Å². The molecule has 1 heterocycles. The Kier molecular flexibility index (Phi) is 5.75. The van der Waals surface area contributed by atoms with Gasteiger partial charge >= 0.3 is 5.97 Å². The Bertz CT molecular complexity index is 418. The number of rotatable bonds is 5. The average Bonchev–Trinajstić information content (AvgIpc) is 2.43. The molecule has 0 saturated carbocycles. The third kappa shape index (κ3) is 4.72. The molecule has 0 radical (unpaired) electrons. The monoisotopic (exact) mass is 298 g/mol. The van der Waals surface area contributed by atoms with Crippen molar-refractivity contribution in [1.82, 2.24) is 10.2 Å². The molecule has 0 spiro atoms. The van der Waals surface area contributed by atoms with Gasteiger partial charge in [-0.05, 0) is 26.7 Å². The van der Waals surface area contributed by atoms with Gasteiger partial charge in [-0.1, -0.05) is 13.8 Å². The smallest absolute Gasteiger partial charge is 0.310 e. The van der Waals surface area contributed by atoms with Crippen LogP contribution in [0.15, 0.2) is 0 Å². The largest absolute Gasteiger partial charge is 0.481 e. The molecule has 1 saturated heterocycles. The van der Waals surface area contributed by atoms with E-state index in [0.717, 1.165) is 12.8 Å². The van der Waals surface area contributed by atoms with E-state index in [4.69, 9.17) is 5.11 Å². The molecule has 21 heavy (non-hydrogen) atoms. The molecule has 6 nitrogen and oxygen atoms in total. The number of hydrogen-bond donors (Lipinski definition) is 2. The summed E-state index contributed by atoms with van der Waals surface area (Å²) in [6.07, 6.45) is 1.54. The van der Waals surface area contributed by atoms with Crippen molar-refractivity contribution >= 4 is 17.8 Å². The maximum Gasteiger partial charge on any atom is 0.310 e. The highest BCUT2D eigenvalue weighted by molar-refractivity contribution is 5.82. The molecule has 1 unspecified atom stereocenters. The van der Waals surface area contributed by atoms with E-state index in [1.54, 1.807) is 18.7 Å². The highest BCUT2D eigenvalue weighted by atomic mass is 16.4. The predicted octanol–water partition coefficient (Wildman–Crippen LogP) is 1.11. The Morgan fingerprint density at radius 1 is 1.33 bits per heavy atom. The summed E-state index contributed by atoms with van der Waals surface area (Å²) in [4.78, 5) is 36.9. The molecule has 1 fully saturated rings. The fraction of sp³-hybridized carbons (Fsp3) is 0.800. The number of nitrogens with zero attached hydrogens (tertiary/aromatic N) is 1. The number of hydrogen-bond acceptors (Lipinski definition) is 3. The highest BCUT2D eigenvalue weighted by Crippen LogP contribution is 2.19. The number of likely N-dealkylation sites (tertiary alicyclic amines) is 1. The lowest BCUT2D eigenvalue weighted by atomic mass is 9.92. The van der Waals surface area contributed by atoms with Gasteiger partial charge in [0.05, 0.1) is 11.3 Å². The molecule has 1 aliphatic heterocycles. The number of aliphatic carboxylic acids is 1. The van der Waals surface area contributed by atoms with Gasteiger partial charge in [0.2, 0.25) is 11.8 Å². The normalized spacial score (nSPS) is 19.5. The molecule has 0 aromatic heterocycles. The Hall–Kier alpha value is -1.59. The lowest BCUT2D eigenvalue weighted by molar-refractivity contribution is -0.147. The second-order valence-electron chi connectivity index (χ2n) is 6.68. The van der Waals surface area contributed by atoms with E-state index in [-0.39, 0.29) is 30.2 Å². The van der Waals surface area contributed by atoms with Gasteiger partial charge in [-0.2, -0.15) is 0 Å². The van der Waals surface area contributed by atoms with Crippen LogP contribution in [0.2, 0.25) is 0 Å². The van der Waals surface area contributed by atoms with Crippen molar-refractivity contribution < 1.29 is 19.5 Å². The van der Waals surface area contributed by atoms with Gasteiger partial charge in [0.1, 0.15) is 0 Å². The minimum absolute atomic E-state index is 0.0679. The quantitative estimate of drug-likeness (QED) is 0.796. The molecular formula is C15H26N2O4. The molecular weight excluding hydrogens is 272 g/mol. The van der Waals surface area contributed by atoms with Crippen LogP contribution in [0.25, 0.3) is 0 Å². The lowest BCUT2D eigenvalue weighted by Gasteiger charge is -2.33. The minimum atomic E-state index is -0.988. The van der Waals surface area contributed by atoms with Crippen LogP contribution in [0.5, 0.6) is 0 Å². The van der Waals surface area contributed by atoms with Gasteiger partial charge in [-0.3, -0.25) is 14.4 Å². The average molecular weight is 298 g/mol. The van der Waals surface area contributed by atoms with Crippen molar-refractivity contribution in [2.75, 3.05) is 19.6 Å². The zero-order chi connectivity index (χ0) is 16.2. The third-order valence-corrected chi connectivity index (χ3v) is 3.88. The van der Waals surface area contributed by atoms with Crippen LogP contribution in [0.1, 0.15) is 40.5 Å². The molecule has 0 aliphatic carbocycles. The number of carbonyl (C=O) groups excluding carboxylic acids is 2. The van der Waals surface area contributed by atoms with E-state index < -0.39 is 11.4 Å². The molecule has 2 N–H and O–H groups in total. The Balaban J connectivity index is 2.55. The van der Waals surface area contributed by atoms with Crippen molar-refractivity contribution in [2.45, 2.75) is 40.5 Å². The summed E-state index contributed by atoms with van der Waals surface area (Å²) < 4.78 is 0. The summed E-state index contributed by atoms with van der Waals surface area (Å²) in [6.45, 7) is 8.06. The van der Waals surface area contributed by atoms with Gasteiger partial charge in [0, 0.05) is 25.6 Å². The van der Waals surface area contributed by atoms with Crippen molar-refractivity contribution in [3.8, 4) is 0 Å². The first kappa shape index (κ1) is 17.5. The maximum atomic E-state index is 12.2. The number of carboxylic acid groups (broad SMARTS) is 1. The molecule has 2 amide bonds. The van der Waals surface area contributed by atoms with Gasteiger partial charge in [-0.15, -0.1) is 0 Å². The molecule has 1 atom stereocenters. The van der Waals surface area contributed by atoms with Crippen LogP contribution in [-0.4, -0.2) is 47.4 Å². The summed E-state index contributed by atoms with van der Waals surface area (Å²) in [5, 5.41) is 11.7. The van der Waals surface area contributed by atoms with E-state index in [0.29, 0.717) is 13.1 Å². The Morgan fingerprint density at radius 2 is 1.95 bits per heavy atom. The summed E-state index contributed by atoms with van der Waals surface area (Å²) in [5.74, 6) is -1.35. The standard InChI is InChI=1S/C15H26N2O4/c1-10(2)13(19)17-7-5-6-11(8-17)12(18)16-9-15(3,4)14(20)21/h10-11H,5-9H2,1-4H3,(H,16,18)(H,20,21). The zero-order valence-corrected chi connectivity index (χ0v) is 13.3.